The Balaban J connectivity index is 2.29. The summed E-state index contributed by atoms with van der Waals surface area (Å²) in [6, 6.07) is -0.0463. The van der Waals surface area contributed by atoms with Crippen molar-refractivity contribution in [2.24, 2.45) is 16.6 Å². The van der Waals surface area contributed by atoms with Gasteiger partial charge in [0, 0.05) is 6.54 Å². The Morgan fingerprint density at radius 1 is 1.73 bits per heavy atom. The standard InChI is InChI=1S/C7H11N3O/c1-4-2-3-10-5(4)6(11)9-7(10)8/h4-5H,2-3H2,1H3,(H2,8,9,11). The van der Waals surface area contributed by atoms with Crippen LogP contribution in [0, 0.1) is 5.92 Å². The minimum atomic E-state index is -0.0625. The van der Waals surface area contributed by atoms with Crippen LogP contribution in [0.15, 0.2) is 4.99 Å². The Labute approximate surface area is 65.1 Å². The molecule has 0 spiro atoms. The quantitative estimate of drug-likeness (QED) is 0.513. The van der Waals surface area contributed by atoms with E-state index in [1.54, 1.807) is 0 Å². The predicted octanol–water partition coefficient (Wildman–Crippen LogP) is -0.448. The van der Waals surface area contributed by atoms with Gasteiger partial charge >= 0.3 is 0 Å². The van der Waals surface area contributed by atoms with Crippen molar-refractivity contribution >= 4 is 11.9 Å². The van der Waals surface area contributed by atoms with E-state index in [1.807, 2.05) is 4.90 Å². The van der Waals surface area contributed by atoms with Gasteiger partial charge in [0.05, 0.1) is 0 Å². The molecule has 0 saturated carbocycles. The summed E-state index contributed by atoms with van der Waals surface area (Å²) in [6.07, 6.45) is 1.05. The largest absolute Gasteiger partial charge is 0.369 e. The number of fused-ring (bicyclic) bond motifs is 1. The molecule has 1 amide bonds. The molecule has 4 nitrogen and oxygen atoms in total. The summed E-state index contributed by atoms with van der Waals surface area (Å²) in [6.45, 7) is 2.95. The van der Waals surface area contributed by atoms with Gasteiger partial charge in [-0.05, 0) is 12.3 Å². The van der Waals surface area contributed by atoms with Gasteiger partial charge in [-0.25, -0.2) is 0 Å². The zero-order chi connectivity index (χ0) is 8.01. The zero-order valence-corrected chi connectivity index (χ0v) is 6.45. The van der Waals surface area contributed by atoms with E-state index in [4.69, 9.17) is 5.73 Å². The molecule has 2 unspecified atom stereocenters. The number of carbonyl (C=O) groups excluding carboxylic acids is 1. The first kappa shape index (κ1) is 6.64. The monoisotopic (exact) mass is 153 g/mol. The van der Waals surface area contributed by atoms with Gasteiger partial charge in [-0.2, -0.15) is 4.99 Å². The number of nitrogens with two attached hydrogens (primary N) is 1. The lowest BCUT2D eigenvalue weighted by Crippen LogP contribution is -2.38. The van der Waals surface area contributed by atoms with Gasteiger partial charge in [0.1, 0.15) is 6.04 Å². The maximum absolute atomic E-state index is 11.2. The van der Waals surface area contributed by atoms with E-state index in [0.29, 0.717) is 11.9 Å². The first-order chi connectivity index (χ1) is 5.20. The topological polar surface area (TPSA) is 58.7 Å². The van der Waals surface area contributed by atoms with Gasteiger partial charge in [0.2, 0.25) is 0 Å². The summed E-state index contributed by atoms with van der Waals surface area (Å²) in [5, 5.41) is 0. The third kappa shape index (κ3) is 0.751. The van der Waals surface area contributed by atoms with Crippen LogP contribution in [0.4, 0.5) is 0 Å². The second kappa shape index (κ2) is 1.96. The lowest BCUT2D eigenvalue weighted by Gasteiger charge is -2.16. The van der Waals surface area contributed by atoms with Gasteiger partial charge < -0.3 is 10.6 Å². The molecule has 1 fully saturated rings. The molecule has 4 heteroatoms. The molecule has 60 valence electrons. The second-order valence-electron chi connectivity index (χ2n) is 3.21. The molecule has 2 rings (SSSR count). The van der Waals surface area contributed by atoms with Crippen molar-refractivity contribution in [3.8, 4) is 0 Å². The fourth-order valence-electron chi connectivity index (χ4n) is 1.82. The van der Waals surface area contributed by atoms with Gasteiger partial charge in [-0.1, -0.05) is 6.92 Å². The number of carbonyl (C=O) groups is 1. The van der Waals surface area contributed by atoms with Crippen LogP contribution in [0.1, 0.15) is 13.3 Å². The van der Waals surface area contributed by atoms with Crippen LogP contribution >= 0.6 is 0 Å². The van der Waals surface area contributed by atoms with E-state index in [-0.39, 0.29) is 11.9 Å². The number of guanidine groups is 1. The molecule has 2 heterocycles. The van der Waals surface area contributed by atoms with Crippen molar-refractivity contribution in [2.45, 2.75) is 19.4 Å². The van der Waals surface area contributed by atoms with Gasteiger partial charge in [0.15, 0.2) is 5.96 Å². The maximum Gasteiger partial charge on any atom is 0.271 e. The highest BCUT2D eigenvalue weighted by Crippen LogP contribution is 2.27. The summed E-state index contributed by atoms with van der Waals surface area (Å²) in [5.74, 6) is 0.754. The molecule has 0 aromatic rings. The molecule has 0 aromatic carbocycles. The van der Waals surface area contributed by atoms with Crippen LogP contribution in [-0.4, -0.2) is 29.4 Å². The van der Waals surface area contributed by atoms with Crippen LogP contribution in [0.5, 0.6) is 0 Å². The normalized spacial score (nSPS) is 35.9. The van der Waals surface area contributed by atoms with Crippen molar-refractivity contribution in [3.63, 3.8) is 0 Å². The molecule has 0 aromatic heterocycles. The summed E-state index contributed by atoms with van der Waals surface area (Å²) < 4.78 is 0. The molecular formula is C7H11N3O. The van der Waals surface area contributed by atoms with E-state index in [9.17, 15) is 4.79 Å². The highest BCUT2D eigenvalue weighted by atomic mass is 16.2. The van der Waals surface area contributed by atoms with Gasteiger partial charge in [0.25, 0.3) is 5.91 Å². The number of nitrogens with zero attached hydrogens (tertiary/aromatic N) is 2. The fraction of sp³-hybridized carbons (Fsp3) is 0.714. The molecule has 2 aliphatic rings. The minimum absolute atomic E-state index is 0.0463. The molecule has 1 saturated heterocycles. The van der Waals surface area contributed by atoms with E-state index >= 15 is 0 Å². The summed E-state index contributed by atoms with van der Waals surface area (Å²) in [7, 11) is 0. The summed E-state index contributed by atoms with van der Waals surface area (Å²) in [4.78, 5) is 16.8. The lowest BCUT2D eigenvalue weighted by molar-refractivity contribution is -0.120. The van der Waals surface area contributed by atoms with Crippen molar-refractivity contribution in [2.75, 3.05) is 6.54 Å². The SMILES string of the molecule is CC1CCN2C(N)=NC(=O)C12. The van der Waals surface area contributed by atoms with E-state index < -0.39 is 0 Å². The maximum atomic E-state index is 11.2. The van der Waals surface area contributed by atoms with Gasteiger partial charge in [-0.3, -0.25) is 4.79 Å². The molecule has 0 bridgehead atoms. The summed E-state index contributed by atoms with van der Waals surface area (Å²) >= 11 is 0. The van der Waals surface area contributed by atoms with Crippen LogP contribution in [0.2, 0.25) is 0 Å². The fourth-order valence-corrected chi connectivity index (χ4v) is 1.82. The van der Waals surface area contributed by atoms with E-state index in [2.05, 4.69) is 11.9 Å². The Kier molecular flexibility index (Phi) is 1.19. The third-order valence-electron chi connectivity index (χ3n) is 2.47. The van der Waals surface area contributed by atoms with Crippen LogP contribution < -0.4 is 5.73 Å². The van der Waals surface area contributed by atoms with Crippen LogP contribution in [-0.2, 0) is 4.79 Å². The third-order valence-corrected chi connectivity index (χ3v) is 2.47. The molecule has 11 heavy (non-hydrogen) atoms. The van der Waals surface area contributed by atoms with Crippen molar-refractivity contribution in [1.29, 1.82) is 0 Å². The second-order valence-corrected chi connectivity index (χ2v) is 3.21. The van der Waals surface area contributed by atoms with Crippen molar-refractivity contribution < 1.29 is 4.79 Å². The smallest absolute Gasteiger partial charge is 0.271 e. The van der Waals surface area contributed by atoms with E-state index in [1.165, 1.54) is 0 Å². The number of rotatable bonds is 0. The lowest BCUT2D eigenvalue weighted by atomic mass is 10.0. The first-order valence-corrected chi connectivity index (χ1v) is 3.85. The van der Waals surface area contributed by atoms with E-state index in [0.717, 1.165) is 13.0 Å². The Morgan fingerprint density at radius 3 is 3.09 bits per heavy atom. The highest BCUT2D eigenvalue weighted by Gasteiger charge is 2.41. The predicted molar refractivity (Wildman–Crippen MR) is 40.9 cm³/mol. The van der Waals surface area contributed by atoms with Crippen molar-refractivity contribution in [1.82, 2.24) is 4.90 Å². The Hall–Kier alpha value is -1.06. The van der Waals surface area contributed by atoms with Crippen LogP contribution in [0.3, 0.4) is 0 Å². The number of hydrogen-bond donors (Lipinski definition) is 1. The number of amides is 1. The Morgan fingerprint density at radius 2 is 2.45 bits per heavy atom. The zero-order valence-electron chi connectivity index (χ0n) is 6.45. The first-order valence-electron chi connectivity index (χ1n) is 3.85. The summed E-state index contributed by atoms with van der Waals surface area (Å²) in [5.41, 5.74) is 5.53. The highest BCUT2D eigenvalue weighted by molar-refractivity contribution is 6.02. The molecule has 2 atom stereocenters. The van der Waals surface area contributed by atoms with Crippen LogP contribution in [0.25, 0.3) is 0 Å². The molecular weight excluding hydrogens is 142 g/mol. The number of hydrogen-bond acceptors (Lipinski definition) is 3. The molecule has 0 radical (unpaired) electrons. The Bertz CT molecular complexity index is 236. The van der Waals surface area contributed by atoms with Crippen molar-refractivity contribution in [3.05, 3.63) is 0 Å². The average Bonchev–Trinajstić information content (AvgIpc) is 2.41. The molecule has 2 aliphatic heterocycles. The average molecular weight is 153 g/mol. The molecule has 0 aliphatic carbocycles. The minimum Gasteiger partial charge on any atom is -0.369 e. The van der Waals surface area contributed by atoms with Gasteiger partial charge in [-0.15, -0.1) is 0 Å². The number of aliphatic imine (C=N–C) groups is 1. The molecule has 2 N–H and O–H groups in total.